The van der Waals surface area contributed by atoms with E-state index >= 15 is 0 Å². The Balaban J connectivity index is 1.43. The summed E-state index contributed by atoms with van der Waals surface area (Å²) < 4.78 is 37.8. The van der Waals surface area contributed by atoms with Gasteiger partial charge in [0.1, 0.15) is 0 Å². The van der Waals surface area contributed by atoms with Gasteiger partial charge in [0, 0.05) is 29.1 Å². The van der Waals surface area contributed by atoms with E-state index in [9.17, 15) is 22.8 Å². The minimum atomic E-state index is -4.40. The van der Waals surface area contributed by atoms with Gasteiger partial charge in [-0.2, -0.15) is 13.2 Å². The van der Waals surface area contributed by atoms with Gasteiger partial charge in [0.2, 0.25) is 5.91 Å². The number of aromatic nitrogens is 2. The number of nitrogens with zero attached hydrogens (tertiary/aromatic N) is 2. The fourth-order valence-corrected chi connectivity index (χ4v) is 3.94. The first-order valence-corrected chi connectivity index (χ1v) is 11.4. The number of carbonyl (C=O) groups excluding carboxylic acids is 2. The highest BCUT2D eigenvalue weighted by atomic mass is 32.2. The number of carbonyl (C=O) groups is 2. The average molecular weight is 489 g/mol. The fraction of sp³-hybridized carbons (Fsp3) is 0.250. The molecule has 0 fully saturated rings. The van der Waals surface area contributed by atoms with Crippen LogP contribution in [0.1, 0.15) is 44.9 Å². The Bertz CT molecular complexity index is 1130. The Morgan fingerprint density at radius 2 is 1.47 bits per heavy atom. The molecule has 2 amide bonds. The molecule has 2 N–H and O–H groups in total. The van der Waals surface area contributed by atoms with Crippen molar-refractivity contribution in [3.63, 3.8) is 0 Å². The summed E-state index contributed by atoms with van der Waals surface area (Å²) in [5.74, 6) is -0.277. The lowest BCUT2D eigenvalue weighted by Crippen LogP contribution is -2.41. The molecule has 0 saturated carbocycles. The number of alkyl halides is 3. The summed E-state index contributed by atoms with van der Waals surface area (Å²) in [7, 11) is 0. The van der Waals surface area contributed by atoms with Crippen LogP contribution in [0.5, 0.6) is 0 Å². The molecule has 1 aromatic heterocycles. The van der Waals surface area contributed by atoms with Gasteiger partial charge >= 0.3 is 6.18 Å². The Morgan fingerprint density at radius 3 is 2.06 bits per heavy atom. The molecule has 1 heterocycles. The number of hydrogen-bond acceptors (Lipinski definition) is 5. The molecule has 0 aliphatic carbocycles. The van der Waals surface area contributed by atoms with Gasteiger partial charge < -0.3 is 0 Å². The zero-order chi connectivity index (χ0) is 24.7. The molecule has 0 aliphatic rings. The predicted octanol–water partition coefficient (Wildman–Crippen LogP) is 4.80. The number of nitrogens with one attached hydrogen (secondary N) is 2. The van der Waals surface area contributed by atoms with Crippen LogP contribution in [0, 0.1) is 13.8 Å². The molecule has 0 unspecified atom stereocenters. The van der Waals surface area contributed by atoms with E-state index in [4.69, 9.17) is 0 Å². The lowest BCUT2D eigenvalue weighted by atomic mass is 10.1. The number of rotatable bonds is 7. The highest BCUT2D eigenvalue weighted by molar-refractivity contribution is 7.98. The highest BCUT2D eigenvalue weighted by Gasteiger charge is 2.29. The number of halogens is 3. The SMILES string of the molecule is Cc1cc(C)nc(SCc2ccc(C(=O)NNC(=O)CCc3ccc(C(F)(F)F)cc3)cc2)n1. The van der Waals surface area contributed by atoms with E-state index < -0.39 is 23.6 Å². The molecule has 0 spiro atoms. The minimum absolute atomic E-state index is 0.0162. The number of benzene rings is 2. The van der Waals surface area contributed by atoms with Crippen molar-refractivity contribution in [3.8, 4) is 0 Å². The number of thioether (sulfide) groups is 1. The van der Waals surface area contributed by atoms with Crippen molar-refractivity contribution in [3.05, 3.63) is 88.2 Å². The van der Waals surface area contributed by atoms with Gasteiger partial charge in [-0.15, -0.1) is 0 Å². The fourth-order valence-electron chi connectivity index (χ4n) is 3.04. The molecule has 0 aliphatic heterocycles. The standard InChI is InChI=1S/C24H23F3N4O2S/c1-15-13-16(2)29-23(28-15)34-14-18-3-8-19(9-4-18)22(33)31-30-21(32)12-7-17-5-10-20(11-6-17)24(25,26)27/h3-6,8-11,13H,7,12,14H2,1-2H3,(H,30,32)(H,31,33). The second-order valence-corrected chi connectivity index (χ2v) is 8.56. The molecule has 3 aromatic rings. The van der Waals surface area contributed by atoms with Crippen molar-refractivity contribution in [2.45, 2.75) is 43.8 Å². The van der Waals surface area contributed by atoms with Gasteiger partial charge in [-0.25, -0.2) is 9.97 Å². The number of aryl methyl sites for hydroxylation is 3. The van der Waals surface area contributed by atoms with Crippen molar-refractivity contribution in [2.24, 2.45) is 0 Å². The minimum Gasteiger partial charge on any atom is -0.273 e. The van der Waals surface area contributed by atoms with Crippen molar-refractivity contribution >= 4 is 23.6 Å². The molecule has 0 radical (unpaired) electrons. The summed E-state index contributed by atoms with van der Waals surface area (Å²) in [5, 5.41) is 0.693. The number of amides is 2. The average Bonchev–Trinajstić information content (AvgIpc) is 2.79. The van der Waals surface area contributed by atoms with Crippen LogP contribution in [0.3, 0.4) is 0 Å². The van der Waals surface area contributed by atoms with Gasteiger partial charge in [0.25, 0.3) is 5.91 Å². The van der Waals surface area contributed by atoms with Crippen LogP contribution in [0.15, 0.2) is 59.8 Å². The number of hydrogen-bond donors (Lipinski definition) is 2. The Morgan fingerprint density at radius 1 is 0.882 bits per heavy atom. The van der Waals surface area contributed by atoms with Crippen molar-refractivity contribution in [2.75, 3.05) is 0 Å². The summed E-state index contributed by atoms with van der Waals surface area (Å²) in [4.78, 5) is 33.0. The molecule has 0 saturated heterocycles. The smallest absolute Gasteiger partial charge is 0.273 e. The maximum atomic E-state index is 12.6. The Labute approximate surface area is 199 Å². The van der Waals surface area contributed by atoms with Gasteiger partial charge in [-0.1, -0.05) is 36.0 Å². The molecular formula is C24H23F3N4O2S. The normalized spacial score (nSPS) is 11.2. The molecule has 0 atom stereocenters. The quantitative estimate of drug-likeness (QED) is 0.284. The van der Waals surface area contributed by atoms with E-state index in [1.165, 1.54) is 23.9 Å². The van der Waals surface area contributed by atoms with E-state index in [2.05, 4.69) is 20.8 Å². The van der Waals surface area contributed by atoms with Crippen LogP contribution in [-0.4, -0.2) is 21.8 Å². The first-order chi connectivity index (χ1) is 16.1. The largest absolute Gasteiger partial charge is 0.416 e. The summed E-state index contributed by atoms with van der Waals surface area (Å²) >= 11 is 1.50. The van der Waals surface area contributed by atoms with Crippen LogP contribution < -0.4 is 10.9 Å². The van der Waals surface area contributed by atoms with Crippen LogP contribution in [0.25, 0.3) is 0 Å². The van der Waals surface area contributed by atoms with E-state index in [1.807, 2.05) is 32.0 Å². The van der Waals surface area contributed by atoms with Crippen LogP contribution >= 0.6 is 11.8 Å². The molecule has 2 aromatic carbocycles. The van der Waals surface area contributed by atoms with Gasteiger partial charge in [-0.05, 0) is 61.7 Å². The van der Waals surface area contributed by atoms with E-state index in [-0.39, 0.29) is 12.8 Å². The molecule has 10 heteroatoms. The molecule has 6 nitrogen and oxygen atoms in total. The van der Waals surface area contributed by atoms with Gasteiger partial charge in [-0.3, -0.25) is 20.4 Å². The third-order valence-electron chi connectivity index (χ3n) is 4.78. The lowest BCUT2D eigenvalue weighted by molar-refractivity contribution is -0.137. The van der Waals surface area contributed by atoms with E-state index in [0.29, 0.717) is 22.0 Å². The first-order valence-electron chi connectivity index (χ1n) is 10.4. The van der Waals surface area contributed by atoms with Crippen molar-refractivity contribution in [1.82, 2.24) is 20.8 Å². The zero-order valence-corrected chi connectivity index (χ0v) is 19.4. The molecule has 0 bridgehead atoms. The van der Waals surface area contributed by atoms with E-state index in [0.717, 1.165) is 29.1 Å². The van der Waals surface area contributed by atoms with Crippen molar-refractivity contribution < 1.29 is 22.8 Å². The third kappa shape index (κ3) is 7.58. The molecule has 34 heavy (non-hydrogen) atoms. The summed E-state index contributed by atoms with van der Waals surface area (Å²) in [5.41, 5.74) is 7.69. The summed E-state index contributed by atoms with van der Waals surface area (Å²) in [6, 6.07) is 13.5. The molecule has 178 valence electrons. The van der Waals surface area contributed by atoms with Crippen molar-refractivity contribution in [1.29, 1.82) is 0 Å². The van der Waals surface area contributed by atoms with Crippen LogP contribution in [0.2, 0.25) is 0 Å². The highest BCUT2D eigenvalue weighted by Crippen LogP contribution is 2.29. The molecule has 3 rings (SSSR count). The predicted molar refractivity (Wildman–Crippen MR) is 123 cm³/mol. The summed E-state index contributed by atoms with van der Waals surface area (Å²) in [6.07, 6.45) is -4.13. The Hall–Kier alpha value is -3.40. The van der Waals surface area contributed by atoms with Gasteiger partial charge in [0.15, 0.2) is 5.16 Å². The lowest BCUT2D eigenvalue weighted by Gasteiger charge is -2.09. The van der Waals surface area contributed by atoms with Crippen LogP contribution in [-0.2, 0) is 23.1 Å². The van der Waals surface area contributed by atoms with Gasteiger partial charge in [0.05, 0.1) is 5.56 Å². The monoisotopic (exact) mass is 488 g/mol. The molecular weight excluding hydrogens is 465 g/mol. The third-order valence-corrected chi connectivity index (χ3v) is 5.70. The maximum absolute atomic E-state index is 12.6. The first kappa shape index (κ1) is 25.2. The van der Waals surface area contributed by atoms with Crippen LogP contribution in [0.4, 0.5) is 13.2 Å². The van der Waals surface area contributed by atoms with E-state index in [1.54, 1.807) is 12.1 Å². The second kappa shape index (κ2) is 11.1. The second-order valence-electron chi connectivity index (χ2n) is 7.62. The summed E-state index contributed by atoms with van der Waals surface area (Å²) in [6.45, 7) is 3.83. The Kier molecular flexibility index (Phi) is 8.27. The number of hydrazine groups is 1. The maximum Gasteiger partial charge on any atom is 0.416 e. The topological polar surface area (TPSA) is 84.0 Å². The zero-order valence-electron chi connectivity index (χ0n) is 18.6.